The summed E-state index contributed by atoms with van der Waals surface area (Å²) in [7, 11) is 0. The van der Waals surface area contributed by atoms with Crippen LogP contribution in [0.15, 0.2) is 54.6 Å². The molecule has 0 bridgehead atoms. The van der Waals surface area contributed by atoms with Gasteiger partial charge in [-0.3, -0.25) is 20.0 Å². The Bertz CT molecular complexity index is 1260. The number of aryl methyl sites for hydroxylation is 1. The molecule has 0 fully saturated rings. The first kappa shape index (κ1) is 18.6. The molecule has 0 aliphatic heterocycles. The number of anilines is 1. The number of nitrogens with zero attached hydrogens (tertiary/aromatic N) is 2. The van der Waals surface area contributed by atoms with E-state index in [-0.39, 0.29) is 10.9 Å². The summed E-state index contributed by atoms with van der Waals surface area (Å²) in [6.07, 6.45) is 3.76. The molecule has 2 aromatic heterocycles. The van der Waals surface area contributed by atoms with E-state index in [0.717, 1.165) is 33.5 Å². The Balaban J connectivity index is 1.60. The van der Waals surface area contributed by atoms with Gasteiger partial charge >= 0.3 is 5.00 Å². The highest BCUT2D eigenvalue weighted by molar-refractivity contribution is 7.17. The van der Waals surface area contributed by atoms with Crippen molar-refractivity contribution in [2.24, 2.45) is 0 Å². The summed E-state index contributed by atoms with van der Waals surface area (Å²) < 4.78 is 0. The maximum Gasteiger partial charge on any atom is 0.325 e. The van der Waals surface area contributed by atoms with E-state index >= 15 is 0 Å². The molecular weight excluding hydrogens is 388 g/mol. The SMILES string of the molecule is Cc1cc([N+](=O)[O-])sc1C(=O)Nc1ccccc1C=Cc1n[nH]c2ccccc12. The van der Waals surface area contributed by atoms with Gasteiger partial charge in [0, 0.05) is 17.1 Å². The van der Waals surface area contributed by atoms with Crippen molar-refractivity contribution in [3.63, 3.8) is 0 Å². The number of aromatic amines is 1. The normalized spacial score (nSPS) is 11.2. The first-order valence-corrected chi connectivity index (χ1v) is 9.61. The number of thiophene rings is 1. The maximum atomic E-state index is 12.7. The van der Waals surface area contributed by atoms with Crippen LogP contribution in [-0.4, -0.2) is 21.0 Å². The Labute approximate surface area is 169 Å². The van der Waals surface area contributed by atoms with Crippen LogP contribution in [0.3, 0.4) is 0 Å². The van der Waals surface area contributed by atoms with Crippen molar-refractivity contribution in [1.29, 1.82) is 0 Å². The number of nitrogens with one attached hydrogen (secondary N) is 2. The van der Waals surface area contributed by atoms with Crippen LogP contribution in [0.25, 0.3) is 23.1 Å². The number of nitro groups is 1. The van der Waals surface area contributed by atoms with Crippen LogP contribution < -0.4 is 5.32 Å². The molecule has 0 unspecified atom stereocenters. The molecule has 144 valence electrons. The Hall–Kier alpha value is -3.78. The Morgan fingerprint density at radius 1 is 1.17 bits per heavy atom. The fourth-order valence-electron chi connectivity index (χ4n) is 3.00. The molecule has 0 radical (unpaired) electrons. The van der Waals surface area contributed by atoms with E-state index in [9.17, 15) is 14.9 Å². The quantitative estimate of drug-likeness (QED) is 0.350. The van der Waals surface area contributed by atoms with Crippen LogP contribution in [0.4, 0.5) is 10.7 Å². The molecule has 7 nitrogen and oxygen atoms in total. The molecule has 0 spiro atoms. The molecule has 2 aromatic carbocycles. The minimum Gasteiger partial charge on any atom is -0.321 e. The zero-order valence-electron chi connectivity index (χ0n) is 15.4. The van der Waals surface area contributed by atoms with Crippen LogP contribution in [0.5, 0.6) is 0 Å². The van der Waals surface area contributed by atoms with Crippen LogP contribution in [0.2, 0.25) is 0 Å². The molecule has 0 saturated heterocycles. The average Bonchev–Trinajstić information content (AvgIpc) is 3.31. The number of carbonyl (C=O) groups is 1. The molecule has 1 amide bonds. The van der Waals surface area contributed by atoms with Crippen LogP contribution in [0.1, 0.15) is 26.5 Å². The van der Waals surface area contributed by atoms with Gasteiger partial charge in [-0.1, -0.05) is 53.8 Å². The minimum absolute atomic E-state index is 0.0498. The molecule has 2 heterocycles. The minimum atomic E-state index is -0.487. The van der Waals surface area contributed by atoms with Gasteiger partial charge in [-0.05, 0) is 36.3 Å². The molecule has 0 aliphatic carbocycles. The molecule has 0 atom stereocenters. The summed E-state index contributed by atoms with van der Waals surface area (Å²) in [4.78, 5) is 23.5. The predicted molar refractivity (Wildman–Crippen MR) is 115 cm³/mol. The number of fused-ring (bicyclic) bond motifs is 1. The number of rotatable bonds is 5. The Kier molecular flexibility index (Phi) is 4.92. The van der Waals surface area contributed by atoms with Crippen LogP contribution >= 0.6 is 11.3 Å². The number of benzene rings is 2. The zero-order valence-corrected chi connectivity index (χ0v) is 16.2. The fourth-order valence-corrected chi connectivity index (χ4v) is 3.88. The summed E-state index contributed by atoms with van der Waals surface area (Å²) >= 11 is 0.870. The number of H-pyrrole nitrogens is 1. The molecular formula is C21H16N4O3S. The van der Waals surface area contributed by atoms with Crippen molar-refractivity contribution in [1.82, 2.24) is 10.2 Å². The second-order valence-electron chi connectivity index (χ2n) is 6.38. The Morgan fingerprint density at radius 2 is 1.93 bits per heavy atom. The largest absolute Gasteiger partial charge is 0.325 e. The number of hydrogen-bond donors (Lipinski definition) is 2. The third kappa shape index (κ3) is 3.78. The lowest BCUT2D eigenvalue weighted by molar-refractivity contribution is -0.380. The topological polar surface area (TPSA) is 101 Å². The molecule has 4 rings (SSSR count). The number of aromatic nitrogens is 2. The second-order valence-corrected chi connectivity index (χ2v) is 7.41. The predicted octanol–water partition coefficient (Wildman–Crippen LogP) is 5.26. The van der Waals surface area contributed by atoms with Crippen LogP contribution in [0, 0.1) is 17.0 Å². The van der Waals surface area contributed by atoms with Gasteiger partial charge in [-0.25, -0.2) is 0 Å². The van der Waals surface area contributed by atoms with E-state index in [1.165, 1.54) is 6.07 Å². The van der Waals surface area contributed by atoms with Gasteiger partial charge in [0.05, 0.1) is 16.1 Å². The smallest absolute Gasteiger partial charge is 0.321 e. The molecule has 2 N–H and O–H groups in total. The first-order chi connectivity index (χ1) is 14.0. The third-order valence-corrected chi connectivity index (χ3v) is 5.61. The summed E-state index contributed by atoms with van der Waals surface area (Å²) in [5, 5.41) is 22.1. The monoisotopic (exact) mass is 404 g/mol. The van der Waals surface area contributed by atoms with Gasteiger partial charge in [0.1, 0.15) is 4.88 Å². The summed E-state index contributed by atoms with van der Waals surface area (Å²) in [6, 6.07) is 16.6. The highest BCUT2D eigenvalue weighted by Crippen LogP contribution is 2.29. The van der Waals surface area contributed by atoms with Gasteiger partial charge in [-0.15, -0.1) is 0 Å². The van der Waals surface area contributed by atoms with E-state index in [2.05, 4.69) is 15.5 Å². The maximum absolute atomic E-state index is 12.7. The summed E-state index contributed by atoms with van der Waals surface area (Å²) in [5.41, 5.74) is 3.74. The number of para-hydroxylation sites is 2. The van der Waals surface area contributed by atoms with Gasteiger partial charge in [-0.2, -0.15) is 5.10 Å². The summed E-state index contributed by atoms with van der Waals surface area (Å²) in [6.45, 7) is 1.69. The lowest BCUT2D eigenvalue weighted by atomic mass is 10.1. The molecule has 4 aromatic rings. The highest BCUT2D eigenvalue weighted by atomic mass is 32.1. The van der Waals surface area contributed by atoms with Crippen molar-refractivity contribution < 1.29 is 9.72 Å². The number of amides is 1. The molecule has 29 heavy (non-hydrogen) atoms. The van der Waals surface area contributed by atoms with Crippen molar-refractivity contribution in [3.05, 3.63) is 86.4 Å². The summed E-state index contributed by atoms with van der Waals surface area (Å²) in [5.74, 6) is -0.369. The van der Waals surface area contributed by atoms with Crippen molar-refractivity contribution >= 4 is 51.0 Å². The molecule has 0 aliphatic rings. The zero-order chi connectivity index (χ0) is 20.4. The van der Waals surface area contributed by atoms with E-state index < -0.39 is 4.92 Å². The number of carbonyl (C=O) groups excluding carboxylic acids is 1. The molecule has 0 saturated carbocycles. The lowest BCUT2D eigenvalue weighted by Gasteiger charge is -2.08. The second kappa shape index (κ2) is 7.69. The molecule has 8 heteroatoms. The van der Waals surface area contributed by atoms with E-state index in [1.807, 2.05) is 54.6 Å². The van der Waals surface area contributed by atoms with E-state index in [4.69, 9.17) is 0 Å². The van der Waals surface area contributed by atoms with Gasteiger partial charge in [0.25, 0.3) is 5.91 Å². The van der Waals surface area contributed by atoms with Gasteiger partial charge in [0.15, 0.2) is 0 Å². The van der Waals surface area contributed by atoms with Crippen molar-refractivity contribution in [3.8, 4) is 0 Å². The van der Waals surface area contributed by atoms with Crippen LogP contribution in [-0.2, 0) is 0 Å². The van der Waals surface area contributed by atoms with Crippen molar-refractivity contribution in [2.75, 3.05) is 5.32 Å². The third-order valence-electron chi connectivity index (χ3n) is 4.42. The van der Waals surface area contributed by atoms with Crippen molar-refractivity contribution in [2.45, 2.75) is 6.92 Å². The van der Waals surface area contributed by atoms with Gasteiger partial charge in [0.2, 0.25) is 0 Å². The van der Waals surface area contributed by atoms with E-state index in [1.54, 1.807) is 13.0 Å². The lowest BCUT2D eigenvalue weighted by Crippen LogP contribution is -2.12. The van der Waals surface area contributed by atoms with E-state index in [0.29, 0.717) is 16.1 Å². The number of hydrogen-bond acceptors (Lipinski definition) is 5. The average molecular weight is 404 g/mol. The van der Waals surface area contributed by atoms with Gasteiger partial charge < -0.3 is 5.32 Å². The standard InChI is InChI=1S/C21H16N4O3S/c1-13-12-19(25(27)28)29-20(13)21(26)22-16-8-4-2-6-14(16)10-11-18-15-7-3-5-9-17(15)23-24-18/h2-12H,1H3,(H,22,26)(H,23,24). The fraction of sp³-hybridized carbons (Fsp3) is 0.0476. The highest BCUT2D eigenvalue weighted by Gasteiger charge is 2.20. The first-order valence-electron chi connectivity index (χ1n) is 8.79. The Morgan fingerprint density at radius 3 is 2.72 bits per heavy atom.